The van der Waals surface area contributed by atoms with Gasteiger partial charge < -0.3 is 5.32 Å². The smallest absolute Gasteiger partial charge is 0.118 e. The highest BCUT2D eigenvalue weighted by Crippen LogP contribution is 2.29. The summed E-state index contributed by atoms with van der Waals surface area (Å²) in [6, 6.07) is 4.01. The molecule has 1 aromatic rings. The molecule has 0 spiro atoms. The molecule has 1 saturated heterocycles. The van der Waals surface area contributed by atoms with Gasteiger partial charge in [0, 0.05) is 11.3 Å². The normalized spacial score (nSPS) is 21.6. The zero-order valence-corrected chi connectivity index (χ0v) is 8.37. The summed E-state index contributed by atoms with van der Waals surface area (Å²) in [5.41, 5.74) is -0.948. The van der Waals surface area contributed by atoms with Crippen LogP contribution in [0.5, 0.6) is 0 Å². The van der Waals surface area contributed by atoms with Gasteiger partial charge in [0.25, 0.3) is 0 Å². The van der Waals surface area contributed by atoms with Gasteiger partial charge in [0.2, 0.25) is 0 Å². The van der Waals surface area contributed by atoms with Crippen molar-refractivity contribution in [2.24, 2.45) is 0 Å². The van der Waals surface area contributed by atoms with Crippen molar-refractivity contribution in [3.05, 3.63) is 22.4 Å². The standard InChI is InChI=1S/C10H14FNS/c11-10(3-5-12-6-4-10)8-9-2-1-7-13-9/h1-2,7,12H,3-6,8H2. The van der Waals surface area contributed by atoms with Crippen LogP contribution in [-0.2, 0) is 6.42 Å². The second-order valence-corrected chi connectivity index (χ2v) is 4.69. The molecule has 0 bridgehead atoms. The third-order valence-corrected chi connectivity index (χ3v) is 3.45. The lowest BCUT2D eigenvalue weighted by molar-refractivity contribution is 0.117. The van der Waals surface area contributed by atoms with E-state index in [4.69, 9.17) is 0 Å². The van der Waals surface area contributed by atoms with E-state index in [1.807, 2.05) is 17.5 Å². The van der Waals surface area contributed by atoms with Crippen LogP contribution in [-0.4, -0.2) is 18.8 Å². The maximum absolute atomic E-state index is 14.1. The molecule has 72 valence electrons. The molecule has 0 amide bonds. The van der Waals surface area contributed by atoms with E-state index in [-0.39, 0.29) is 0 Å². The second-order valence-electron chi connectivity index (χ2n) is 3.66. The first-order chi connectivity index (χ1) is 6.29. The van der Waals surface area contributed by atoms with E-state index in [1.54, 1.807) is 11.3 Å². The van der Waals surface area contributed by atoms with Gasteiger partial charge in [0.05, 0.1) is 0 Å². The fourth-order valence-electron chi connectivity index (χ4n) is 1.78. The molecule has 1 aliphatic rings. The first-order valence-corrected chi connectivity index (χ1v) is 5.59. The highest BCUT2D eigenvalue weighted by molar-refractivity contribution is 7.09. The Morgan fingerprint density at radius 1 is 1.46 bits per heavy atom. The third-order valence-electron chi connectivity index (χ3n) is 2.57. The summed E-state index contributed by atoms with van der Waals surface area (Å²) < 4.78 is 14.1. The molecule has 2 rings (SSSR count). The van der Waals surface area contributed by atoms with Crippen molar-refractivity contribution in [3.8, 4) is 0 Å². The first kappa shape index (κ1) is 9.16. The van der Waals surface area contributed by atoms with Crippen molar-refractivity contribution in [2.45, 2.75) is 24.9 Å². The number of alkyl halides is 1. The summed E-state index contributed by atoms with van der Waals surface area (Å²) in [7, 11) is 0. The number of hydrogen-bond donors (Lipinski definition) is 1. The van der Waals surface area contributed by atoms with Crippen LogP contribution in [0.2, 0.25) is 0 Å². The maximum Gasteiger partial charge on any atom is 0.118 e. The van der Waals surface area contributed by atoms with Gasteiger partial charge in [-0.05, 0) is 37.4 Å². The molecule has 0 aromatic carbocycles. The molecular weight excluding hydrogens is 185 g/mol. The number of hydrogen-bond acceptors (Lipinski definition) is 2. The van der Waals surface area contributed by atoms with Gasteiger partial charge in [-0.1, -0.05) is 6.07 Å². The minimum atomic E-state index is -0.948. The fraction of sp³-hybridized carbons (Fsp3) is 0.600. The molecule has 0 aliphatic carbocycles. The molecule has 1 N–H and O–H groups in total. The van der Waals surface area contributed by atoms with Crippen molar-refractivity contribution in [2.75, 3.05) is 13.1 Å². The van der Waals surface area contributed by atoms with Crippen LogP contribution in [0.25, 0.3) is 0 Å². The van der Waals surface area contributed by atoms with Gasteiger partial charge in [0.1, 0.15) is 5.67 Å². The first-order valence-electron chi connectivity index (χ1n) is 4.71. The molecule has 0 radical (unpaired) electrons. The minimum absolute atomic E-state index is 0.604. The van der Waals surface area contributed by atoms with E-state index in [0.29, 0.717) is 19.3 Å². The summed E-state index contributed by atoms with van der Waals surface area (Å²) in [6.45, 7) is 1.64. The number of rotatable bonds is 2. The zero-order chi connectivity index (χ0) is 9.15. The fourth-order valence-corrected chi connectivity index (χ4v) is 2.61. The van der Waals surface area contributed by atoms with E-state index >= 15 is 0 Å². The van der Waals surface area contributed by atoms with Crippen molar-refractivity contribution < 1.29 is 4.39 Å². The summed E-state index contributed by atoms with van der Waals surface area (Å²) >= 11 is 1.65. The van der Waals surface area contributed by atoms with Crippen molar-refractivity contribution >= 4 is 11.3 Å². The molecular formula is C10H14FNS. The van der Waals surface area contributed by atoms with Gasteiger partial charge in [0.15, 0.2) is 0 Å². The predicted molar refractivity (Wildman–Crippen MR) is 54.0 cm³/mol. The predicted octanol–water partition coefficient (Wildman–Crippen LogP) is 2.38. The largest absolute Gasteiger partial charge is 0.316 e. The molecule has 3 heteroatoms. The summed E-state index contributed by atoms with van der Waals surface area (Å²) in [5.74, 6) is 0. The van der Waals surface area contributed by atoms with Gasteiger partial charge >= 0.3 is 0 Å². The Kier molecular flexibility index (Phi) is 2.65. The van der Waals surface area contributed by atoms with Crippen molar-refractivity contribution in [3.63, 3.8) is 0 Å². The van der Waals surface area contributed by atoms with Crippen LogP contribution in [0.15, 0.2) is 17.5 Å². The Balaban J connectivity index is 1.99. The minimum Gasteiger partial charge on any atom is -0.316 e. The van der Waals surface area contributed by atoms with Crippen LogP contribution in [0, 0.1) is 0 Å². The van der Waals surface area contributed by atoms with Crippen LogP contribution in [0.3, 0.4) is 0 Å². The molecule has 1 fully saturated rings. The number of halogens is 1. The van der Waals surface area contributed by atoms with Crippen LogP contribution in [0.4, 0.5) is 4.39 Å². The van der Waals surface area contributed by atoms with E-state index < -0.39 is 5.67 Å². The molecule has 1 aliphatic heterocycles. The van der Waals surface area contributed by atoms with Crippen molar-refractivity contribution in [1.82, 2.24) is 5.32 Å². The summed E-state index contributed by atoms with van der Waals surface area (Å²) in [6.07, 6.45) is 1.92. The quantitative estimate of drug-likeness (QED) is 0.771. The Morgan fingerprint density at radius 2 is 2.23 bits per heavy atom. The molecule has 1 aromatic heterocycles. The van der Waals surface area contributed by atoms with Gasteiger partial charge in [-0.2, -0.15) is 0 Å². The second kappa shape index (κ2) is 3.76. The van der Waals surface area contributed by atoms with Gasteiger partial charge in [-0.25, -0.2) is 4.39 Å². The number of piperidine rings is 1. The number of thiophene rings is 1. The summed E-state index contributed by atoms with van der Waals surface area (Å²) in [5, 5.41) is 5.20. The van der Waals surface area contributed by atoms with Crippen LogP contribution in [0.1, 0.15) is 17.7 Å². The van der Waals surface area contributed by atoms with Crippen molar-refractivity contribution in [1.29, 1.82) is 0 Å². The third kappa shape index (κ3) is 2.29. The zero-order valence-electron chi connectivity index (χ0n) is 7.55. The molecule has 1 nitrogen and oxygen atoms in total. The van der Waals surface area contributed by atoms with E-state index in [1.165, 1.54) is 4.88 Å². The Hall–Kier alpha value is -0.410. The van der Waals surface area contributed by atoms with Crippen LogP contribution >= 0.6 is 11.3 Å². The SMILES string of the molecule is FC1(Cc2cccs2)CCNCC1. The average Bonchev–Trinajstić information content (AvgIpc) is 2.57. The summed E-state index contributed by atoms with van der Waals surface area (Å²) in [4.78, 5) is 1.17. The van der Waals surface area contributed by atoms with Crippen LogP contribution < -0.4 is 5.32 Å². The van der Waals surface area contributed by atoms with E-state index in [2.05, 4.69) is 5.32 Å². The highest BCUT2D eigenvalue weighted by Gasteiger charge is 2.31. The van der Waals surface area contributed by atoms with Gasteiger partial charge in [-0.15, -0.1) is 11.3 Å². The maximum atomic E-state index is 14.1. The van der Waals surface area contributed by atoms with Gasteiger partial charge in [-0.3, -0.25) is 0 Å². The monoisotopic (exact) mass is 199 g/mol. The Labute approximate surface area is 82.0 Å². The molecule has 0 atom stereocenters. The molecule has 2 heterocycles. The Morgan fingerprint density at radius 3 is 2.85 bits per heavy atom. The lowest BCUT2D eigenvalue weighted by atomic mass is 9.90. The van der Waals surface area contributed by atoms with E-state index in [0.717, 1.165) is 13.1 Å². The van der Waals surface area contributed by atoms with E-state index in [9.17, 15) is 4.39 Å². The molecule has 13 heavy (non-hydrogen) atoms. The molecule has 0 unspecified atom stereocenters. The Bertz CT molecular complexity index is 252. The highest BCUT2D eigenvalue weighted by atomic mass is 32.1. The average molecular weight is 199 g/mol. The lowest BCUT2D eigenvalue weighted by Crippen LogP contribution is -2.39. The lowest BCUT2D eigenvalue weighted by Gasteiger charge is -2.29. The topological polar surface area (TPSA) is 12.0 Å². The molecule has 0 saturated carbocycles. The number of nitrogens with one attached hydrogen (secondary N) is 1.